The van der Waals surface area contributed by atoms with Gasteiger partial charge in [-0.25, -0.2) is 8.42 Å². The van der Waals surface area contributed by atoms with Gasteiger partial charge in [-0.05, 0) is 38.8 Å². The van der Waals surface area contributed by atoms with Gasteiger partial charge in [-0.1, -0.05) is 23.4 Å². The third kappa shape index (κ3) is 3.59. The molecule has 1 aromatic heterocycles. The number of amides is 1. The highest BCUT2D eigenvalue weighted by Gasteiger charge is 2.36. The Labute approximate surface area is 147 Å². The molecule has 1 atom stereocenters. The summed E-state index contributed by atoms with van der Waals surface area (Å²) < 4.78 is 32.2. The fraction of sp³-hybridized carbons (Fsp3) is 0.412. The van der Waals surface area contributed by atoms with Crippen molar-refractivity contribution >= 4 is 21.6 Å². The number of para-hydroxylation sites is 1. The number of sulfonamides is 1. The van der Waals surface area contributed by atoms with Crippen molar-refractivity contribution < 1.29 is 17.7 Å². The number of piperidine rings is 1. The summed E-state index contributed by atoms with van der Waals surface area (Å²) in [6, 6.07) is 9.15. The lowest BCUT2D eigenvalue weighted by molar-refractivity contribution is -0.120. The van der Waals surface area contributed by atoms with Crippen molar-refractivity contribution in [1.82, 2.24) is 9.46 Å². The van der Waals surface area contributed by atoms with Gasteiger partial charge >= 0.3 is 0 Å². The minimum absolute atomic E-state index is 0.108. The van der Waals surface area contributed by atoms with Crippen LogP contribution in [-0.4, -0.2) is 36.9 Å². The number of nitrogens with one attached hydrogen (secondary N) is 1. The van der Waals surface area contributed by atoms with Crippen molar-refractivity contribution in [3.63, 3.8) is 0 Å². The van der Waals surface area contributed by atoms with Gasteiger partial charge in [-0.3, -0.25) is 4.79 Å². The van der Waals surface area contributed by atoms with Crippen molar-refractivity contribution in [2.45, 2.75) is 31.6 Å². The number of benzene rings is 1. The molecule has 1 saturated heterocycles. The molecule has 0 spiro atoms. The van der Waals surface area contributed by atoms with E-state index in [1.165, 1.54) is 4.31 Å². The maximum absolute atomic E-state index is 12.9. The Bertz CT molecular complexity index is 842. The molecule has 0 radical (unpaired) electrons. The lowest BCUT2D eigenvalue weighted by atomic mass is 9.99. The number of anilines is 1. The number of aryl methyl sites for hydroxylation is 2. The largest absolute Gasteiger partial charge is 0.360 e. The molecule has 25 heavy (non-hydrogen) atoms. The summed E-state index contributed by atoms with van der Waals surface area (Å²) in [5.74, 6) is -0.276. The molecule has 1 aliphatic heterocycles. The van der Waals surface area contributed by atoms with Crippen LogP contribution in [0.3, 0.4) is 0 Å². The maximum Gasteiger partial charge on any atom is 0.248 e. The first-order valence-corrected chi connectivity index (χ1v) is 9.62. The van der Waals surface area contributed by atoms with Gasteiger partial charge in [0.25, 0.3) is 0 Å². The molecule has 2 heterocycles. The highest BCUT2D eigenvalue weighted by molar-refractivity contribution is 7.89. The third-order valence-electron chi connectivity index (χ3n) is 4.36. The molecule has 1 N–H and O–H groups in total. The van der Waals surface area contributed by atoms with Crippen molar-refractivity contribution in [2.24, 2.45) is 5.92 Å². The predicted molar refractivity (Wildman–Crippen MR) is 92.5 cm³/mol. The van der Waals surface area contributed by atoms with Gasteiger partial charge in [-0.2, -0.15) is 4.31 Å². The first-order valence-electron chi connectivity index (χ1n) is 8.18. The minimum atomic E-state index is -3.72. The summed E-state index contributed by atoms with van der Waals surface area (Å²) in [6.07, 6.45) is 1.29. The summed E-state index contributed by atoms with van der Waals surface area (Å²) in [7, 11) is -3.72. The van der Waals surface area contributed by atoms with Crippen LogP contribution in [0.1, 0.15) is 24.3 Å². The fourth-order valence-electron chi connectivity index (χ4n) is 3.11. The Morgan fingerprint density at radius 2 is 2.00 bits per heavy atom. The second-order valence-corrected chi connectivity index (χ2v) is 8.09. The smallest absolute Gasteiger partial charge is 0.248 e. The third-order valence-corrected chi connectivity index (χ3v) is 6.47. The zero-order valence-electron chi connectivity index (χ0n) is 14.2. The van der Waals surface area contributed by atoms with Crippen LogP contribution in [0.15, 0.2) is 39.8 Å². The Hall–Kier alpha value is -2.19. The van der Waals surface area contributed by atoms with Crippen molar-refractivity contribution in [3.05, 3.63) is 41.8 Å². The van der Waals surface area contributed by atoms with Gasteiger partial charge in [0.05, 0.1) is 5.92 Å². The number of carbonyl (C=O) groups is 1. The molecule has 7 nitrogen and oxygen atoms in total. The topological polar surface area (TPSA) is 92.5 Å². The lowest BCUT2D eigenvalue weighted by Crippen LogP contribution is -2.43. The lowest BCUT2D eigenvalue weighted by Gasteiger charge is -2.31. The van der Waals surface area contributed by atoms with Crippen LogP contribution in [0.5, 0.6) is 0 Å². The highest BCUT2D eigenvalue weighted by Crippen LogP contribution is 2.28. The average molecular weight is 363 g/mol. The Morgan fingerprint density at radius 1 is 1.28 bits per heavy atom. The first kappa shape index (κ1) is 17.6. The van der Waals surface area contributed by atoms with Crippen LogP contribution in [0.4, 0.5) is 5.69 Å². The second-order valence-electron chi connectivity index (χ2n) is 6.21. The van der Waals surface area contributed by atoms with Crippen molar-refractivity contribution in [2.75, 3.05) is 18.4 Å². The SMILES string of the molecule is Cc1noc(C)c1S(=O)(=O)N1CCCC(C(=O)Nc2ccccc2)C1. The van der Waals surface area contributed by atoms with Crippen LogP contribution in [0.2, 0.25) is 0 Å². The van der Waals surface area contributed by atoms with Crippen LogP contribution in [0, 0.1) is 19.8 Å². The average Bonchev–Trinajstić information content (AvgIpc) is 2.95. The van der Waals surface area contributed by atoms with Crippen LogP contribution in [-0.2, 0) is 14.8 Å². The van der Waals surface area contributed by atoms with E-state index in [0.717, 1.165) is 0 Å². The zero-order chi connectivity index (χ0) is 18.0. The van der Waals surface area contributed by atoms with Crippen LogP contribution < -0.4 is 5.32 Å². The second kappa shape index (κ2) is 6.97. The summed E-state index contributed by atoms with van der Waals surface area (Å²) in [5.41, 5.74) is 1.05. The van der Waals surface area contributed by atoms with Crippen molar-refractivity contribution in [3.8, 4) is 0 Å². The molecule has 0 bridgehead atoms. The summed E-state index contributed by atoms with van der Waals surface area (Å²) in [6.45, 7) is 3.73. The molecular weight excluding hydrogens is 342 g/mol. The quantitative estimate of drug-likeness (QED) is 0.900. The molecule has 134 valence electrons. The molecule has 1 unspecified atom stereocenters. The summed E-state index contributed by atoms with van der Waals surface area (Å²) in [4.78, 5) is 12.6. The molecule has 1 aliphatic rings. The maximum atomic E-state index is 12.9. The van der Waals surface area contributed by atoms with E-state index in [1.807, 2.05) is 18.2 Å². The normalized spacial score (nSPS) is 18.9. The minimum Gasteiger partial charge on any atom is -0.360 e. The molecular formula is C17H21N3O4S. The molecule has 0 saturated carbocycles. The molecule has 1 fully saturated rings. The molecule has 0 aliphatic carbocycles. The summed E-state index contributed by atoms with van der Waals surface area (Å²) in [5, 5.41) is 6.58. The van der Waals surface area contributed by atoms with E-state index in [2.05, 4.69) is 10.5 Å². The van der Waals surface area contributed by atoms with Crippen molar-refractivity contribution in [1.29, 1.82) is 0 Å². The molecule has 2 aromatic rings. The van der Waals surface area contributed by atoms with E-state index in [-0.39, 0.29) is 29.0 Å². The van der Waals surface area contributed by atoms with E-state index < -0.39 is 10.0 Å². The van der Waals surface area contributed by atoms with Gasteiger partial charge in [0.15, 0.2) is 5.76 Å². The van der Waals surface area contributed by atoms with Crippen LogP contribution >= 0.6 is 0 Å². The Kier molecular flexibility index (Phi) is 4.91. The standard InChI is InChI=1S/C17H21N3O4S/c1-12-16(13(2)24-19-12)25(22,23)20-10-6-7-14(11-20)17(21)18-15-8-4-3-5-9-15/h3-5,8-9,14H,6-7,10-11H2,1-2H3,(H,18,21). The van der Waals surface area contributed by atoms with Gasteiger partial charge in [-0.15, -0.1) is 0 Å². The Morgan fingerprint density at radius 3 is 2.64 bits per heavy atom. The van der Waals surface area contributed by atoms with Gasteiger partial charge in [0.1, 0.15) is 10.6 Å². The molecule has 8 heteroatoms. The number of hydrogen-bond donors (Lipinski definition) is 1. The highest BCUT2D eigenvalue weighted by atomic mass is 32.2. The summed E-state index contributed by atoms with van der Waals surface area (Å²) >= 11 is 0. The van der Waals surface area contributed by atoms with E-state index in [0.29, 0.717) is 30.8 Å². The van der Waals surface area contributed by atoms with E-state index >= 15 is 0 Å². The predicted octanol–water partition coefficient (Wildman–Crippen LogP) is 2.33. The zero-order valence-corrected chi connectivity index (χ0v) is 15.0. The first-order chi connectivity index (χ1) is 11.9. The number of carbonyl (C=O) groups excluding carboxylic acids is 1. The number of nitrogens with zero attached hydrogens (tertiary/aromatic N) is 2. The number of hydrogen-bond acceptors (Lipinski definition) is 5. The molecule has 3 rings (SSSR count). The monoisotopic (exact) mass is 363 g/mol. The van der Waals surface area contributed by atoms with Gasteiger partial charge in [0.2, 0.25) is 15.9 Å². The molecule has 1 aromatic carbocycles. The van der Waals surface area contributed by atoms with E-state index in [4.69, 9.17) is 4.52 Å². The molecule has 1 amide bonds. The van der Waals surface area contributed by atoms with E-state index in [1.54, 1.807) is 26.0 Å². The van der Waals surface area contributed by atoms with Crippen LogP contribution in [0.25, 0.3) is 0 Å². The fourth-order valence-corrected chi connectivity index (χ4v) is 4.93. The van der Waals surface area contributed by atoms with E-state index in [9.17, 15) is 13.2 Å². The van der Waals surface area contributed by atoms with Gasteiger partial charge < -0.3 is 9.84 Å². The Balaban J connectivity index is 1.76. The van der Waals surface area contributed by atoms with Gasteiger partial charge in [0, 0.05) is 18.8 Å². The number of aromatic nitrogens is 1. The number of rotatable bonds is 4.